The van der Waals surface area contributed by atoms with Crippen molar-refractivity contribution in [3.05, 3.63) is 83.7 Å². The second-order valence-corrected chi connectivity index (χ2v) is 9.70. The molecule has 0 bridgehead atoms. The number of hydrogen-bond donors (Lipinski definition) is 2. The summed E-state index contributed by atoms with van der Waals surface area (Å²) in [5.74, 6) is -1.11. The molecule has 39 heavy (non-hydrogen) atoms. The minimum absolute atomic E-state index is 0.362. The number of aryl methyl sites for hydroxylation is 1. The van der Waals surface area contributed by atoms with Crippen LogP contribution in [-0.4, -0.2) is 69.9 Å². The third-order valence-electron chi connectivity index (χ3n) is 7.02. The largest absolute Gasteiger partial charge is 0.383 e. The van der Waals surface area contributed by atoms with Gasteiger partial charge in [0.15, 0.2) is 0 Å². The van der Waals surface area contributed by atoms with Crippen molar-refractivity contribution < 1.29 is 18.3 Å². The Morgan fingerprint density at radius 3 is 2.64 bits per heavy atom. The van der Waals surface area contributed by atoms with E-state index in [0.717, 1.165) is 22.9 Å². The monoisotopic (exact) mass is 535 g/mol. The molecule has 3 heterocycles. The number of hydrogen-bond acceptors (Lipinski definition) is 5. The summed E-state index contributed by atoms with van der Waals surface area (Å²) in [6, 6.07) is 12.2. The molecule has 2 aromatic heterocycles. The van der Waals surface area contributed by atoms with Gasteiger partial charge in [0, 0.05) is 63.1 Å². The number of carbonyl (C=O) groups excluding carboxylic acids is 1. The zero-order chi connectivity index (χ0) is 27.5. The maximum absolute atomic E-state index is 14.8. The van der Waals surface area contributed by atoms with Crippen molar-refractivity contribution >= 4 is 11.8 Å². The molecule has 9 nitrogen and oxygen atoms in total. The van der Waals surface area contributed by atoms with Crippen LogP contribution in [0.15, 0.2) is 60.9 Å². The lowest BCUT2D eigenvalue weighted by molar-refractivity contribution is 0.159. The summed E-state index contributed by atoms with van der Waals surface area (Å²) in [5, 5.41) is 15.1. The maximum atomic E-state index is 14.8. The van der Waals surface area contributed by atoms with E-state index in [2.05, 4.69) is 20.6 Å². The van der Waals surface area contributed by atoms with Crippen LogP contribution in [0.5, 0.6) is 0 Å². The van der Waals surface area contributed by atoms with Crippen LogP contribution in [-0.2, 0) is 11.8 Å². The number of amides is 2. The number of benzene rings is 2. The standard InChI is InChI=1S/C28H31F2N7O2/c1-18-26(19-14-31-35(2)15-19)34-37(21-7-5-4-6-8-21)27(18)33-28(38)32-25-17-36(11-12-39-3)16-23(25)22-10-9-20(29)13-24(22)30/h4-10,13-15,23,25H,11-12,16-17H2,1-3H3,(H2,32,33,38)/t23-,25+/m0/s1. The van der Waals surface area contributed by atoms with Crippen LogP contribution in [0.25, 0.3) is 16.9 Å². The first kappa shape index (κ1) is 26.5. The number of para-hydroxylation sites is 1. The van der Waals surface area contributed by atoms with Crippen molar-refractivity contribution in [2.45, 2.75) is 18.9 Å². The Hall–Kier alpha value is -4.09. The van der Waals surface area contributed by atoms with Gasteiger partial charge in [-0.2, -0.15) is 10.2 Å². The van der Waals surface area contributed by atoms with Crippen molar-refractivity contribution in [2.75, 3.05) is 38.7 Å². The van der Waals surface area contributed by atoms with Gasteiger partial charge in [-0.25, -0.2) is 18.3 Å². The third kappa shape index (κ3) is 5.69. The molecule has 0 saturated carbocycles. The van der Waals surface area contributed by atoms with Gasteiger partial charge in [0.1, 0.15) is 23.1 Å². The van der Waals surface area contributed by atoms with Crippen LogP contribution < -0.4 is 10.6 Å². The van der Waals surface area contributed by atoms with Crippen LogP contribution in [0, 0.1) is 18.6 Å². The van der Waals surface area contributed by atoms with Crippen LogP contribution in [0.1, 0.15) is 17.0 Å². The number of rotatable bonds is 8. The Kier molecular flexibility index (Phi) is 7.71. The average Bonchev–Trinajstić information content (AvgIpc) is 3.61. The smallest absolute Gasteiger partial charge is 0.320 e. The summed E-state index contributed by atoms with van der Waals surface area (Å²) >= 11 is 0. The van der Waals surface area contributed by atoms with E-state index >= 15 is 0 Å². The highest BCUT2D eigenvalue weighted by Crippen LogP contribution is 2.32. The molecule has 0 aliphatic carbocycles. The number of carbonyl (C=O) groups is 1. The first-order valence-corrected chi connectivity index (χ1v) is 12.7. The zero-order valence-corrected chi connectivity index (χ0v) is 22.1. The second kappa shape index (κ2) is 11.3. The first-order valence-electron chi connectivity index (χ1n) is 12.7. The number of urea groups is 1. The molecule has 2 N–H and O–H groups in total. The first-order chi connectivity index (χ1) is 18.8. The number of nitrogens with one attached hydrogen (secondary N) is 2. The van der Waals surface area contributed by atoms with Gasteiger partial charge in [-0.15, -0.1) is 0 Å². The molecule has 204 valence electrons. The predicted molar refractivity (Wildman–Crippen MR) is 144 cm³/mol. The van der Waals surface area contributed by atoms with E-state index in [0.29, 0.717) is 43.3 Å². The van der Waals surface area contributed by atoms with Crippen molar-refractivity contribution in [3.8, 4) is 16.9 Å². The Morgan fingerprint density at radius 1 is 1.15 bits per heavy atom. The minimum Gasteiger partial charge on any atom is -0.383 e. The molecular weight excluding hydrogens is 504 g/mol. The number of anilines is 1. The summed E-state index contributed by atoms with van der Waals surface area (Å²) in [6.07, 6.45) is 3.59. The lowest BCUT2D eigenvalue weighted by Crippen LogP contribution is -2.42. The van der Waals surface area contributed by atoms with Crippen molar-refractivity contribution in [2.24, 2.45) is 7.05 Å². The predicted octanol–water partition coefficient (Wildman–Crippen LogP) is 4.10. The van der Waals surface area contributed by atoms with E-state index in [1.54, 1.807) is 22.7 Å². The number of aromatic nitrogens is 4. The highest BCUT2D eigenvalue weighted by atomic mass is 19.1. The molecule has 1 fully saturated rings. The quantitative estimate of drug-likeness (QED) is 0.355. The number of likely N-dealkylation sites (tertiary alicyclic amines) is 1. The fourth-order valence-electron chi connectivity index (χ4n) is 5.08. The Morgan fingerprint density at radius 2 is 1.95 bits per heavy atom. The van der Waals surface area contributed by atoms with E-state index < -0.39 is 23.7 Å². The summed E-state index contributed by atoms with van der Waals surface area (Å²) in [4.78, 5) is 15.5. The van der Waals surface area contributed by atoms with E-state index in [1.165, 1.54) is 12.1 Å². The number of halogens is 2. The highest BCUT2D eigenvalue weighted by molar-refractivity contribution is 5.91. The molecule has 0 spiro atoms. The lowest BCUT2D eigenvalue weighted by Gasteiger charge is -2.21. The molecule has 5 rings (SSSR count). The third-order valence-corrected chi connectivity index (χ3v) is 7.02. The number of methoxy groups -OCH3 is 1. The lowest BCUT2D eigenvalue weighted by atomic mass is 9.94. The molecule has 2 atom stereocenters. The molecular formula is C28H31F2N7O2. The van der Waals surface area contributed by atoms with Gasteiger partial charge in [0.25, 0.3) is 0 Å². The fraction of sp³-hybridized carbons (Fsp3) is 0.321. The Balaban J connectivity index is 1.42. The van der Waals surface area contributed by atoms with E-state index in [1.807, 2.05) is 50.5 Å². The number of ether oxygens (including phenoxy) is 1. The van der Waals surface area contributed by atoms with Gasteiger partial charge in [-0.05, 0) is 30.7 Å². The molecule has 0 unspecified atom stereocenters. The molecule has 2 aromatic carbocycles. The van der Waals surface area contributed by atoms with E-state index in [4.69, 9.17) is 9.84 Å². The molecule has 1 aliphatic heterocycles. The SMILES string of the molecule is COCCN1C[C@@H](NC(=O)Nc2c(C)c(-c3cnn(C)c3)nn2-c2ccccc2)[C@H](c2ccc(F)cc2F)C1. The summed E-state index contributed by atoms with van der Waals surface area (Å²) in [5.41, 5.74) is 3.44. The van der Waals surface area contributed by atoms with Crippen LogP contribution in [0.2, 0.25) is 0 Å². The maximum Gasteiger partial charge on any atom is 0.320 e. The molecule has 1 aliphatic rings. The van der Waals surface area contributed by atoms with Crippen molar-refractivity contribution in [3.63, 3.8) is 0 Å². The molecule has 4 aromatic rings. The fourth-order valence-corrected chi connectivity index (χ4v) is 5.08. The molecule has 1 saturated heterocycles. The van der Waals surface area contributed by atoms with Gasteiger partial charge in [-0.3, -0.25) is 14.9 Å². The summed E-state index contributed by atoms with van der Waals surface area (Å²) in [7, 11) is 3.45. The average molecular weight is 536 g/mol. The zero-order valence-electron chi connectivity index (χ0n) is 22.1. The molecule has 11 heteroatoms. The van der Waals surface area contributed by atoms with E-state index in [9.17, 15) is 13.6 Å². The minimum atomic E-state index is -0.637. The topological polar surface area (TPSA) is 89.2 Å². The van der Waals surface area contributed by atoms with Crippen molar-refractivity contribution in [1.29, 1.82) is 0 Å². The molecule has 2 amide bonds. The van der Waals surface area contributed by atoms with Crippen LogP contribution in [0.3, 0.4) is 0 Å². The highest BCUT2D eigenvalue weighted by Gasteiger charge is 2.36. The summed E-state index contributed by atoms with van der Waals surface area (Å²) in [6.45, 7) is 4.02. The van der Waals surface area contributed by atoms with Crippen LogP contribution >= 0.6 is 0 Å². The molecule has 0 radical (unpaired) electrons. The van der Waals surface area contributed by atoms with Gasteiger partial charge in [-0.1, -0.05) is 24.3 Å². The van der Waals surface area contributed by atoms with Crippen LogP contribution in [0.4, 0.5) is 19.4 Å². The number of nitrogens with zero attached hydrogens (tertiary/aromatic N) is 5. The Labute approximate surface area is 225 Å². The second-order valence-electron chi connectivity index (χ2n) is 9.70. The van der Waals surface area contributed by atoms with Gasteiger partial charge in [0.05, 0.1) is 24.5 Å². The van der Waals surface area contributed by atoms with Gasteiger partial charge < -0.3 is 10.1 Å². The Bertz CT molecular complexity index is 1450. The van der Waals surface area contributed by atoms with Gasteiger partial charge in [0.2, 0.25) is 0 Å². The van der Waals surface area contributed by atoms with Gasteiger partial charge >= 0.3 is 6.03 Å². The van der Waals surface area contributed by atoms with Crippen molar-refractivity contribution in [1.82, 2.24) is 29.8 Å². The van der Waals surface area contributed by atoms with E-state index in [-0.39, 0.29) is 5.92 Å². The normalized spacial score (nSPS) is 17.5. The summed E-state index contributed by atoms with van der Waals surface area (Å²) < 4.78 is 37.0.